The summed E-state index contributed by atoms with van der Waals surface area (Å²) >= 11 is 6.22. The van der Waals surface area contributed by atoms with Crippen LogP contribution in [0, 0.1) is 20.8 Å². The first-order valence-corrected chi connectivity index (χ1v) is 10.5. The summed E-state index contributed by atoms with van der Waals surface area (Å²) in [6.45, 7) is 12.6. The Balaban J connectivity index is 2.57. The van der Waals surface area contributed by atoms with Gasteiger partial charge >= 0.3 is 0 Å². The van der Waals surface area contributed by atoms with Gasteiger partial charge in [-0.25, -0.2) is 0 Å². The van der Waals surface area contributed by atoms with E-state index < -0.39 is 0 Å². The van der Waals surface area contributed by atoms with Crippen LogP contribution in [-0.4, -0.2) is 10.5 Å². The van der Waals surface area contributed by atoms with Gasteiger partial charge in [0.25, 0.3) is 5.91 Å². The standard InChI is InChI=1S/C23H31ClN2O2/c1-7-10-11-26-15(5)14(4)22(27)20(16(26)6)23(28)25-21-17(8-2)12-19(24)13-18(21)9-3/h12-13H,7-11H2,1-6H3,(H,25,28). The highest BCUT2D eigenvalue weighted by atomic mass is 35.5. The summed E-state index contributed by atoms with van der Waals surface area (Å²) in [7, 11) is 0. The number of unbranched alkanes of at least 4 members (excludes halogenated alkanes) is 1. The highest BCUT2D eigenvalue weighted by Gasteiger charge is 2.22. The molecule has 0 radical (unpaired) electrons. The minimum Gasteiger partial charge on any atom is -0.348 e. The Kier molecular flexibility index (Phi) is 7.48. The molecule has 0 spiro atoms. The molecule has 28 heavy (non-hydrogen) atoms. The minimum atomic E-state index is -0.345. The molecule has 0 aliphatic rings. The minimum absolute atomic E-state index is 0.190. The van der Waals surface area contributed by atoms with Crippen LogP contribution in [0.15, 0.2) is 16.9 Å². The van der Waals surface area contributed by atoms with E-state index in [9.17, 15) is 9.59 Å². The molecule has 5 heteroatoms. The third-order valence-corrected chi connectivity index (χ3v) is 5.73. The van der Waals surface area contributed by atoms with E-state index in [-0.39, 0.29) is 16.9 Å². The third kappa shape index (κ3) is 4.33. The van der Waals surface area contributed by atoms with Crippen LogP contribution in [0.4, 0.5) is 5.69 Å². The number of rotatable bonds is 7. The van der Waals surface area contributed by atoms with Gasteiger partial charge in [-0.2, -0.15) is 0 Å². The van der Waals surface area contributed by atoms with E-state index in [2.05, 4.69) is 16.8 Å². The summed E-state index contributed by atoms with van der Waals surface area (Å²) in [6.07, 6.45) is 3.55. The van der Waals surface area contributed by atoms with Crippen molar-refractivity contribution >= 4 is 23.2 Å². The van der Waals surface area contributed by atoms with Gasteiger partial charge in [0.2, 0.25) is 0 Å². The zero-order chi connectivity index (χ0) is 21.0. The van der Waals surface area contributed by atoms with E-state index in [1.165, 1.54) is 0 Å². The molecule has 0 aliphatic carbocycles. The molecule has 1 aromatic heterocycles. The van der Waals surface area contributed by atoms with Crippen LogP contribution in [-0.2, 0) is 19.4 Å². The van der Waals surface area contributed by atoms with Crippen LogP contribution >= 0.6 is 11.6 Å². The van der Waals surface area contributed by atoms with Crippen molar-refractivity contribution < 1.29 is 4.79 Å². The molecule has 2 aromatic rings. The van der Waals surface area contributed by atoms with E-state index in [1.54, 1.807) is 6.92 Å². The largest absolute Gasteiger partial charge is 0.348 e. The predicted molar refractivity (Wildman–Crippen MR) is 118 cm³/mol. The van der Waals surface area contributed by atoms with Crippen LogP contribution in [0.2, 0.25) is 5.02 Å². The van der Waals surface area contributed by atoms with Gasteiger partial charge in [0, 0.05) is 34.2 Å². The summed E-state index contributed by atoms with van der Waals surface area (Å²) in [5.74, 6) is -0.345. The smallest absolute Gasteiger partial charge is 0.261 e. The van der Waals surface area contributed by atoms with E-state index in [0.717, 1.165) is 60.4 Å². The van der Waals surface area contributed by atoms with E-state index >= 15 is 0 Å². The second kappa shape index (κ2) is 9.42. The number of hydrogen-bond donors (Lipinski definition) is 1. The van der Waals surface area contributed by atoms with Crippen molar-refractivity contribution in [2.45, 2.75) is 73.8 Å². The van der Waals surface area contributed by atoms with Crippen molar-refractivity contribution in [3.05, 3.63) is 61.0 Å². The zero-order valence-electron chi connectivity index (χ0n) is 17.8. The lowest BCUT2D eigenvalue weighted by Gasteiger charge is -2.20. The molecular weight excluding hydrogens is 372 g/mol. The Morgan fingerprint density at radius 3 is 2.11 bits per heavy atom. The molecule has 0 unspecified atom stereocenters. The molecule has 1 N–H and O–H groups in total. The Hall–Kier alpha value is -2.07. The number of anilines is 1. The van der Waals surface area contributed by atoms with Gasteiger partial charge in [0.1, 0.15) is 5.56 Å². The van der Waals surface area contributed by atoms with Crippen molar-refractivity contribution in [1.29, 1.82) is 0 Å². The van der Waals surface area contributed by atoms with Crippen LogP contribution in [0.3, 0.4) is 0 Å². The highest BCUT2D eigenvalue weighted by Crippen LogP contribution is 2.28. The topological polar surface area (TPSA) is 51.1 Å². The molecule has 4 nitrogen and oxygen atoms in total. The van der Waals surface area contributed by atoms with Gasteiger partial charge in [-0.05, 0) is 63.3 Å². The number of nitrogens with zero attached hydrogens (tertiary/aromatic N) is 1. The number of carbonyl (C=O) groups is 1. The number of hydrogen-bond acceptors (Lipinski definition) is 2. The molecule has 1 heterocycles. The van der Waals surface area contributed by atoms with Gasteiger partial charge < -0.3 is 9.88 Å². The summed E-state index contributed by atoms with van der Waals surface area (Å²) in [5.41, 5.74) is 5.07. The molecule has 0 saturated carbocycles. The molecule has 0 atom stereocenters. The van der Waals surface area contributed by atoms with Gasteiger partial charge in [0.05, 0.1) is 0 Å². The fourth-order valence-corrected chi connectivity index (χ4v) is 3.91. The number of halogens is 1. The first kappa shape index (κ1) is 22.2. The van der Waals surface area contributed by atoms with Gasteiger partial charge in [-0.1, -0.05) is 38.8 Å². The lowest BCUT2D eigenvalue weighted by atomic mass is 10.0. The maximum absolute atomic E-state index is 13.2. The van der Waals surface area contributed by atoms with Crippen LogP contribution in [0.1, 0.15) is 72.0 Å². The summed E-state index contributed by atoms with van der Waals surface area (Å²) in [5, 5.41) is 3.69. The molecule has 1 amide bonds. The average molecular weight is 403 g/mol. The number of benzene rings is 1. The van der Waals surface area contributed by atoms with Crippen molar-refractivity contribution in [1.82, 2.24) is 4.57 Å². The van der Waals surface area contributed by atoms with E-state index in [0.29, 0.717) is 10.6 Å². The first-order valence-electron chi connectivity index (χ1n) is 10.1. The number of aryl methyl sites for hydroxylation is 2. The number of amides is 1. The maximum atomic E-state index is 13.2. The summed E-state index contributed by atoms with van der Waals surface area (Å²) < 4.78 is 2.10. The zero-order valence-corrected chi connectivity index (χ0v) is 18.6. The second-order valence-electron chi connectivity index (χ2n) is 7.27. The Labute approximate surface area is 172 Å². The Morgan fingerprint density at radius 2 is 1.61 bits per heavy atom. The third-order valence-electron chi connectivity index (χ3n) is 5.51. The molecular formula is C23H31ClN2O2. The normalized spacial score (nSPS) is 11.0. The lowest BCUT2D eigenvalue weighted by Crippen LogP contribution is -2.30. The van der Waals surface area contributed by atoms with Gasteiger partial charge in [0.15, 0.2) is 5.43 Å². The van der Waals surface area contributed by atoms with Crippen molar-refractivity contribution in [2.75, 3.05) is 5.32 Å². The fourth-order valence-electron chi connectivity index (χ4n) is 3.64. The van der Waals surface area contributed by atoms with Gasteiger partial charge in [-0.3, -0.25) is 9.59 Å². The highest BCUT2D eigenvalue weighted by molar-refractivity contribution is 6.30. The molecule has 1 aromatic carbocycles. The summed E-state index contributed by atoms with van der Waals surface area (Å²) in [6, 6.07) is 3.76. The van der Waals surface area contributed by atoms with Crippen molar-refractivity contribution in [2.24, 2.45) is 0 Å². The monoisotopic (exact) mass is 402 g/mol. The van der Waals surface area contributed by atoms with Crippen LogP contribution in [0.5, 0.6) is 0 Å². The number of pyridine rings is 1. The predicted octanol–water partition coefficient (Wildman–Crippen LogP) is 5.60. The average Bonchev–Trinajstić information content (AvgIpc) is 2.67. The van der Waals surface area contributed by atoms with Crippen molar-refractivity contribution in [3.8, 4) is 0 Å². The molecule has 2 rings (SSSR count). The van der Waals surface area contributed by atoms with Crippen LogP contribution < -0.4 is 10.7 Å². The molecule has 0 saturated heterocycles. The first-order chi connectivity index (χ1) is 13.3. The number of aromatic nitrogens is 1. The number of nitrogens with one attached hydrogen (secondary N) is 1. The SMILES string of the molecule is CCCCn1c(C)c(C)c(=O)c(C(=O)Nc2c(CC)cc(Cl)cc2CC)c1C. The Bertz CT molecular complexity index is 920. The molecule has 0 bridgehead atoms. The van der Waals surface area contributed by atoms with E-state index in [4.69, 9.17) is 11.6 Å². The fraction of sp³-hybridized carbons (Fsp3) is 0.478. The quantitative estimate of drug-likeness (QED) is 0.654. The second-order valence-corrected chi connectivity index (χ2v) is 7.70. The molecule has 152 valence electrons. The molecule has 0 aliphatic heterocycles. The van der Waals surface area contributed by atoms with Crippen LogP contribution in [0.25, 0.3) is 0 Å². The Morgan fingerprint density at radius 1 is 1.04 bits per heavy atom. The van der Waals surface area contributed by atoms with Gasteiger partial charge in [-0.15, -0.1) is 0 Å². The van der Waals surface area contributed by atoms with Crippen molar-refractivity contribution in [3.63, 3.8) is 0 Å². The maximum Gasteiger partial charge on any atom is 0.261 e. The molecule has 0 fully saturated rings. The van der Waals surface area contributed by atoms with E-state index in [1.807, 2.05) is 39.8 Å². The lowest BCUT2D eigenvalue weighted by molar-refractivity contribution is 0.102. The number of carbonyl (C=O) groups excluding carboxylic acids is 1. The summed E-state index contributed by atoms with van der Waals surface area (Å²) in [4.78, 5) is 26.1.